The van der Waals surface area contributed by atoms with E-state index < -0.39 is 23.7 Å². The van der Waals surface area contributed by atoms with Crippen molar-refractivity contribution in [2.45, 2.75) is 24.7 Å². The molecule has 0 aliphatic heterocycles. The van der Waals surface area contributed by atoms with E-state index >= 15 is 0 Å². The Hall–Kier alpha value is -1.65. The van der Waals surface area contributed by atoms with E-state index in [0.29, 0.717) is 0 Å². The van der Waals surface area contributed by atoms with Crippen LogP contribution in [0.2, 0.25) is 0 Å². The van der Waals surface area contributed by atoms with Gasteiger partial charge in [0, 0.05) is 12.0 Å². The van der Waals surface area contributed by atoms with Crippen LogP contribution in [0.4, 0.5) is 8.78 Å². The molecule has 3 nitrogen and oxygen atoms in total. The zero-order valence-corrected chi connectivity index (χ0v) is 9.46. The predicted octanol–water partition coefficient (Wildman–Crippen LogP) is 2.37. The first-order chi connectivity index (χ1) is 7.85. The average molecular weight is 242 g/mol. The van der Waals surface area contributed by atoms with Crippen molar-refractivity contribution in [1.29, 1.82) is 0 Å². The lowest BCUT2D eigenvalue weighted by molar-refractivity contribution is -0.143. The van der Waals surface area contributed by atoms with Crippen LogP contribution in [0, 0.1) is 6.92 Å². The van der Waals surface area contributed by atoms with Gasteiger partial charge in [-0.1, -0.05) is 12.1 Å². The van der Waals surface area contributed by atoms with Crippen LogP contribution < -0.4 is 4.74 Å². The molecule has 1 N–H and O–H groups in total. The van der Waals surface area contributed by atoms with Crippen molar-refractivity contribution < 1.29 is 23.4 Å². The molecule has 1 aromatic carbocycles. The van der Waals surface area contributed by atoms with Crippen molar-refractivity contribution in [3.05, 3.63) is 29.3 Å². The maximum atomic E-state index is 13.4. The molecule has 1 atom stereocenters. The van der Waals surface area contributed by atoms with Crippen LogP contribution in [0.1, 0.15) is 17.5 Å². The summed E-state index contributed by atoms with van der Waals surface area (Å²) < 4.78 is 31.7. The molecule has 17 heavy (non-hydrogen) atoms. The first-order valence-electron chi connectivity index (χ1n) is 5.11. The number of hydrogen-bond donors (Lipinski definition) is 1. The highest BCUT2D eigenvalue weighted by molar-refractivity contribution is 5.88. The Morgan fingerprint density at radius 1 is 1.47 bits per heavy atom. The number of carbonyl (C=O) groups is 1. The molecule has 1 aromatic rings. The van der Waals surface area contributed by atoms with Crippen LogP contribution >= 0.6 is 0 Å². The van der Waals surface area contributed by atoms with Gasteiger partial charge in [-0.2, -0.15) is 0 Å². The second-order valence-corrected chi connectivity index (χ2v) is 4.30. The molecule has 1 fully saturated rings. The third-order valence-corrected chi connectivity index (χ3v) is 3.17. The smallest absolute Gasteiger partial charge is 0.320 e. The van der Waals surface area contributed by atoms with E-state index in [1.807, 2.05) is 0 Å². The number of aryl methyl sites for hydroxylation is 1. The molecule has 92 valence electrons. The first kappa shape index (κ1) is 11.8. The van der Waals surface area contributed by atoms with Gasteiger partial charge >= 0.3 is 5.97 Å². The van der Waals surface area contributed by atoms with Crippen LogP contribution in [-0.2, 0) is 10.2 Å². The normalized spacial score (nSPS) is 25.4. The summed E-state index contributed by atoms with van der Waals surface area (Å²) in [6, 6.07) is 4.58. The van der Waals surface area contributed by atoms with Crippen LogP contribution in [-0.4, -0.2) is 24.1 Å². The number of methoxy groups -OCH3 is 1. The largest absolute Gasteiger partial charge is 0.496 e. The fourth-order valence-electron chi connectivity index (χ4n) is 2.08. The first-order valence-corrected chi connectivity index (χ1v) is 5.11. The van der Waals surface area contributed by atoms with Crippen molar-refractivity contribution in [1.82, 2.24) is 0 Å². The van der Waals surface area contributed by atoms with E-state index in [2.05, 4.69) is 0 Å². The zero-order valence-electron chi connectivity index (χ0n) is 9.46. The minimum Gasteiger partial charge on any atom is -0.496 e. The number of halogens is 2. The summed E-state index contributed by atoms with van der Waals surface area (Å²) in [4.78, 5) is 11.1. The molecule has 5 heteroatoms. The lowest BCUT2D eigenvalue weighted by Crippen LogP contribution is -2.27. The molecule has 1 saturated carbocycles. The molecule has 0 heterocycles. The summed E-state index contributed by atoms with van der Waals surface area (Å²) in [5.41, 5.74) is -1.25. The van der Waals surface area contributed by atoms with E-state index in [1.54, 1.807) is 19.1 Å². The number of aliphatic carboxylic acids is 1. The van der Waals surface area contributed by atoms with Gasteiger partial charge in [0.25, 0.3) is 5.92 Å². The number of benzene rings is 1. The Labute approximate surface area is 97.0 Å². The standard InChI is InChI=1S/C12H12F2O3/c1-7-3-4-8(9(5-7)17-2)11(10(15)16)6-12(11,13)14/h3-5H,6H2,1-2H3,(H,15,16). The fraction of sp³-hybridized carbons (Fsp3) is 0.417. The molecule has 0 saturated heterocycles. The number of hydrogen-bond acceptors (Lipinski definition) is 2. The van der Waals surface area contributed by atoms with E-state index in [4.69, 9.17) is 9.84 Å². The highest BCUT2D eigenvalue weighted by atomic mass is 19.3. The maximum absolute atomic E-state index is 13.4. The van der Waals surface area contributed by atoms with Gasteiger partial charge in [0.2, 0.25) is 0 Å². The minimum atomic E-state index is -3.21. The van der Waals surface area contributed by atoms with Crippen molar-refractivity contribution in [2.75, 3.05) is 7.11 Å². The van der Waals surface area contributed by atoms with Crippen LogP contribution in [0.3, 0.4) is 0 Å². The summed E-state index contributed by atoms with van der Waals surface area (Å²) >= 11 is 0. The van der Waals surface area contributed by atoms with Crippen molar-refractivity contribution in [3.63, 3.8) is 0 Å². The van der Waals surface area contributed by atoms with Gasteiger partial charge in [-0.05, 0) is 18.6 Å². The number of rotatable bonds is 3. The van der Waals surface area contributed by atoms with Gasteiger partial charge in [0.15, 0.2) is 5.41 Å². The summed E-state index contributed by atoms with van der Waals surface area (Å²) in [6.45, 7) is 1.78. The van der Waals surface area contributed by atoms with Crippen molar-refractivity contribution >= 4 is 5.97 Å². The van der Waals surface area contributed by atoms with Gasteiger partial charge in [-0.25, -0.2) is 8.78 Å². The van der Waals surface area contributed by atoms with Gasteiger partial charge in [0.1, 0.15) is 5.75 Å². The van der Waals surface area contributed by atoms with Crippen LogP contribution in [0.5, 0.6) is 5.75 Å². The van der Waals surface area contributed by atoms with Crippen LogP contribution in [0.25, 0.3) is 0 Å². The monoisotopic (exact) mass is 242 g/mol. The molecule has 0 aromatic heterocycles. The van der Waals surface area contributed by atoms with E-state index in [-0.39, 0.29) is 11.3 Å². The molecule has 2 rings (SSSR count). The summed E-state index contributed by atoms with van der Waals surface area (Å²) in [6.07, 6.45) is -0.672. The van der Waals surface area contributed by atoms with Gasteiger partial charge < -0.3 is 9.84 Å². The van der Waals surface area contributed by atoms with Gasteiger partial charge in [-0.15, -0.1) is 0 Å². The minimum absolute atomic E-state index is 0.0445. The number of ether oxygens (including phenoxy) is 1. The topological polar surface area (TPSA) is 46.5 Å². The Balaban J connectivity index is 2.57. The maximum Gasteiger partial charge on any atom is 0.320 e. The lowest BCUT2D eigenvalue weighted by Gasteiger charge is -2.16. The van der Waals surface area contributed by atoms with Gasteiger partial charge in [0.05, 0.1) is 7.11 Å². The third kappa shape index (κ3) is 1.49. The number of carboxylic acid groups (broad SMARTS) is 1. The lowest BCUT2D eigenvalue weighted by atomic mass is 9.93. The van der Waals surface area contributed by atoms with E-state index in [1.165, 1.54) is 13.2 Å². The molecule has 0 spiro atoms. The predicted molar refractivity (Wildman–Crippen MR) is 56.6 cm³/mol. The quantitative estimate of drug-likeness (QED) is 0.885. The molecule has 1 unspecified atom stereocenters. The number of alkyl halides is 2. The third-order valence-electron chi connectivity index (χ3n) is 3.17. The van der Waals surface area contributed by atoms with Gasteiger partial charge in [-0.3, -0.25) is 4.79 Å². The highest BCUT2D eigenvalue weighted by Gasteiger charge is 2.78. The summed E-state index contributed by atoms with van der Waals surface area (Å²) in [5.74, 6) is -4.52. The Morgan fingerprint density at radius 3 is 2.47 bits per heavy atom. The number of carboxylic acids is 1. The molecule has 0 amide bonds. The molecular formula is C12H12F2O3. The second-order valence-electron chi connectivity index (χ2n) is 4.30. The fourth-order valence-corrected chi connectivity index (χ4v) is 2.08. The summed E-state index contributed by atoms with van der Waals surface area (Å²) in [5, 5.41) is 9.05. The molecule has 0 radical (unpaired) electrons. The molecular weight excluding hydrogens is 230 g/mol. The second kappa shape index (κ2) is 3.42. The van der Waals surface area contributed by atoms with Crippen molar-refractivity contribution in [2.24, 2.45) is 0 Å². The molecule has 1 aliphatic carbocycles. The molecule has 0 bridgehead atoms. The van der Waals surface area contributed by atoms with E-state index in [0.717, 1.165) is 5.56 Å². The summed E-state index contributed by atoms with van der Waals surface area (Å²) in [7, 11) is 1.34. The Bertz CT molecular complexity index is 485. The Kier molecular flexibility index (Phi) is 2.38. The molecule has 1 aliphatic rings. The van der Waals surface area contributed by atoms with Crippen molar-refractivity contribution in [3.8, 4) is 5.75 Å². The average Bonchev–Trinajstić information content (AvgIpc) is 2.83. The van der Waals surface area contributed by atoms with Crippen LogP contribution in [0.15, 0.2) is 18.2 Å². The zero-order chi connectivity index (χ0) is 12.8. The Morgan fingerprint density at radius 2 is 2.06 bits per heavy atom. The SMILES string of the molecule is COc1cc(C)ccc1C1(C(=O)O)CC1(F)F. The highest BCUT2D eigenvalue weighted by Crippen LogP contribution is 2.63. The van der Waals surface area contributed by atoms with E-state index in [9.17, 15) is 13.6 Å².